The van der Waals surface area contributed by atoms with Crippen LogP contribution in [0.25, 0.3) is 0 Å². The number of methoxy groups -OCH3 is 1. The summed E-state index contributed by atoms with van der Waals surface area (Å²) < 4.78 is 30.0. The summed E-state index contributed by atoms with van der Waals surface area (Å²) >= 11 is 0. The van der Waals surface area contributed by atoms with Gasteiger partial charge in [-0.2, -0.15) is 0 Å². The molecule has 3 nitrogen and oxygen atoms in total. The Balaban J connectivity index is 0.00000144. The molecule has 0 spiro atoms. The summed E-state index contributed by atoms with van der Waals surface area (Å²) in [4.78, 5) is 10.8. The van der Waals surface area contributed by atoms with Gasteiger partial charge in [0.15, 0.2) is 0 Å². The van der Waals surface area contributed by atoms with E-state index in [1.165, 1.54) is 14.0 Å². The Hall–Kier alpha value is -0.420. The zero-order valence-electron chi connectivity index (χ0n) is 7.34. The predicted molar refractivity (Wildman–Crippen MR) is 45.2 cm³/mol. The standard InChI is InChI=1S/C7H11F2NO2.ClH/c1-4-7(8,9)3-5(10-4)6(11)12-2;/h4-5,10H,3H2,1-2H3;1H. The number of ether oxygens (including phenoxy) is 1. The highest BCUT2D eigenvalue weighted by molar-refractivity contribution is 5.85. The number of nitrogens with one attached hydrogen (secondary N) is 1. The van der Waals surface area contributed by atoms with Gasteiger partial charge in [-0.25, -0.2) is 8.78 Å². The summed E-state index contributed by atoms with van der Waals surface area (Å²) in [6.45, 7) is 1.35. The third kappa shape index (κ3) is 2.51. The Kier molecular flexibility index (Phi) is 4.06. The van der Waals surface area contributed by atoms with Crippen LogP contribution in [0.15, 0.2) is 0 Å². The van der Waals surface area contributed by atoms with Crippen LogP contribution < -0.4 is 5.32 Å². The van der Waals surface area contributed by atoms with Crippen LogP contribution in [-0.2, 0) is 9.53 Å². The minimum atomic E-state index is -2.81. The molecule has 1 rings (SSSR count). The van der Waals surface area contributed by atoms with Gasteiger partial charge in [0, 0.05) is 6.42 Å². The van der Waals surface area contributed by atoms with Crippen LogP contribution in [-0.4, -0.2) is 31.1 Å². The zero-order chi connectivity index (χ0) is 9.35. The predicted octanol–water partition coefficient (Wildman–Crippen LogP) is 0.967. The number of carbonyl (C=O) groups excluding carboxylic acids is 1. The highest BCUT2D eigenvalue weighted by Gasteiger charge is 2.48. The van der Waals surface area contributed by atoms with Crippen molar-refractivity contribution in [3.05, 3.63) is 0 Å². The van der Waals surface area contributed by atoms with Crippen LogP contribution in [0.2, 0.25) is 0 Å². The highest BCUT2D eigenvalue weighted by Crippen LogP contribution is 2.31. The number of esters is 1. The molecule has 0 aliphatic carbocycles. The number of hydrogen-bond acceptors (Lipinski definition) is 3. The smallest absolute Gasteiger partial charge is 0.323 e. The zero-order valence-corrected chi connectivity index (χ0v) is 8.16. The quantitative estimate of drug-likeness (QED) is 0.663. The van der Waals surface area contributed by atoms with Gasteiger partial charge in [0.2, 0.25) is 0 Å². The maximum atomic E-state index is 12.8. The van der Waals surface area contributed by atoms with Crippen LogP contribution in [0.1, 0.15) is 13.3 Å². The first-order valence-electron chi connectivity index (χ1n) is 3.69. The summed E-state index contributed by atoms with van der Waals surface area (Å²) in [6.07, 6.45) is -0.471. The lowest BCUT2D eigenvalue weighted by Crippen LogP contribution is -2.36. The number of rotatable bonds is 1. The van der Waals surface area contributed by atoms with Crippen molar-refractivity contribution in [3.8, 4) is 0 Å². The lowest BCUT2D eigenvalue weighted by Gasteiger charge is -2.11. The van der Waals surface area contributed by atoms with Crippen LogP contribution in [0.5, 0.6) is 0 Å². The van der Waals surface area contributed by atoms with Crippen molar-refractivity contribution in [2.45, 2.75) is 31.4 Å². The van der Waals surface area contributed by atoms with E-state index in [-0.39, 0.29) is 12.4 Å². The fourth-order valence-corrected chi connectivity index (χ4v) is 1.23. The monoisotopic (exact) mass is 215 g/mol. The molecule has 6 heteroatoms. The van der Waals surface area contributed by atoms with Gasteiger partial charge in [0.25, 0.3) is 5.92 Å². The van der Waals surface area contributed by atoms with Crippen molar-refractivity contribution in [2.24, 2.45) is 0 Å². The molecule has 1 saturated heterocycles. The van der Waals surface area contributed by atoms with E-state index in [9.17, 15) is 13.6 Å². The molecule has 0 radical (unpaired) electrons. The number of carbonyl (C=O) groups is 1. The van der Waals surface area contributed by atoms with Gasteiger partial charge in [-0.05, 0) is 6.92 Å². The SMILES string of the molecule is COC(=O)C1CC(F)(F)C(C)N1.Cl. The molecule has 0 amide bonds. The molecular formula is C7H12ClF2NO2. The van der Waals surface area contributed by atoms with E-state index < -0.39 is 30.4 Å². The van der Waals surface area contributed by atoms with Gasteiger partial charge in [0.05, 0.1) is 13.2 Å². The average molecular weight is 216 g/mol. The second kappa shape index (κ2) is 4.19. The fraction of sp³-hybridized carbons (Fsp3) is 0.857. The molecular weight excluding hydrogens is 204 g/mol. The normalized spacial score (nSPS) is 30.8. The van der Waals surface area contributed by atoms with E-state index in [0.29, 0.717) is 0 Å². The Bertz CT molecular complexity index is 201. The first kappa shape index (κ1) is 12.6. The molecule has 0 aromatic carbocycles. The van der Waals surface area contributed by atoms with Gasteiger partial charge in [-0.3, -0.25) is 10.1 Å². The van der Waals surface area contributed by atoms with Crippen molar-refractivity contribution in [1.29, 1.82) is 0 Å². The van der Waals surface area contributed by atoms with Crippen LogP contribution >= 0.6 is 12.4 Å². The van der Waals surface area contributed by atoms with Gasteiger partial charge in [-0.15, -0.1) is 12.4 Å². The van der Waals surface area contributed by atoms with Crippen molar-refractivity contribution in [1.82, 2.24) is 5.32 Å². The molecule has 13 heavy (non-hydrogen) atoms. The van der Waals surface area contributed by atoms with Crippen molar-refractivity contribution < 1.29 is 18.3 Å². The first-order valence-corrected chi connectivity index (χ1v) is 3.69. The minimum Gasteiger partial charge on any atom is -0.468 e. The van der Waals surface area contributed by atoms with E-state index in [4.69, 9.17) is 0 Å². The molecule has 2 atom stereocenters. The third-order valence-corrected chi connectivity index (χ3v) is 2.05. The Labute approximate surface area is 81.2 Å². The average Bonchev–Trinajstić information content (AvgIpc) is 2.25. The van der Waals surface area contributed by atoms with E-state index in [0.717, 1.165) is 0 Å². The van der Waals surface area contributed by atoms with E-state index in [1.807, 2.05) is 0 Å². The maximum absolute atomic E-state index is 12.8. The van der Waals surface area contributed by atoms with Crippen molar-refractivity contribution in [2.75, 3.05) is 7.11 Å². The fourth-order valence-electron chi connectivity index (χ4n) is 1.23. The first-order chi connectivity index (χ1) is 5.47. The van der Waals surface area contributed by atoms with E-state index in [1.54, 1.807) is 0 Å². The summed E-state index contributed by atoms with van der Waals surface area (Å²) in [5.74, 6) is -3.43. The summed E-state index contributed by atoms with van der Waals surface area (Å²) in [6, 6.07) is -1.82. The Morgan fingerprint density at radius 2 is 2.15 bits per heavy atom. The maximum Gasteiger partial charge on any atom is 0.323 e. The lowest BCUT2D eigenvalue weighted by atomic mass is 10.1. The van der Waals surface area contributed by atoms with E-state index in [2.05, 4.69) is 10.1 Å². The largest absolute Gasteiger partial charge is 0.468 e. The third-order valence-electron chi connectivity index (χ3n) is 2.05. The molecule has 2 unspecified atom stereocenters. The molecule has 1 heterocycles. The number of hydrogen-bond donors (Lipinski definition) is 1. The van der Waals surface area contributed by atoms with Gasteiger partial charge in [-0.1, -0.05) is 0 Å². The lowest BCUT2D eigenvalue weighted by molar-refractivity contribution is -0.143. The molecule has 0 aromatic heterocycles. The summed E-state index contributed by atoms with van der Waals surface area (Å²) in [5, 5.41) is 2.47. The molecule has 1 N–H and O–H groups in total. The molecule has 78 valence electrons. The highest BCUT2D eigenvalue weighted by atomic mass is 35.5. The van der Waals surface area contributed by atoms with Crippen LogP contribution in [0, 0.1) is 0 Å². The molecule has 0 bridgehead atoms. The van der Waals surface area contributed by atoms with Crippen LogP contribution in [0.3, 0.4) is 0 Å². The van der Waals surface area contributed by atoms with Gasteiger partial charge < -0.3 is 4.74 Å². The van der Waals surface area contributed by atoms with Gasteiger partial charge >= 0.3 is 5.97 Å². The summed E-state index contributed by atoms with van der Waals surface area (Å²) in [7, 11) is 1.19. The van der Waals surface area contributed by atoms with Gasteiger partial charge in [0.1, 0.15) is 6.04 Å². The minimum absolute atomic E-state index is 0. The molecule has 1 aliphatic heterocycles. The second-order valence-electron chi connectivity index (χ2n) is 2.93. The molecule has 1 aliphatic rings. The molecule has 0 aromatic rings. The number of alkyl halides is 2. The summed E-state index contributed by atoms with van der Waals surface area (Å²) in [5.41, 5.74) is 0. The molecule has 1 fully saturated rings. The van der Waals surface area contributed by atoms with E-state index >= 15 is 0 Å². The molecule has 0 saturated carbocycles. The topological polar surface area (TPSA) is 38.3 Å². The second-order valence-corrected chi connectivity index (χ2v) is 2.93. The van der Waals surface area contributed by atoms with Crippen molar-refractivity contribution in [3.63, 3.8) is 0 Å². The Morgan fingerprint density at radius 1 is 1.62 bits per heavy atom. The number of halogens is 3. The van der Waals surface area contributed by atoms with Crippen molar-refractivity contribution >= 4 is 18.4 Å². The Morgan fingerprint density at radius 3 is 2.46 bits per heavy atom. The van der Waals surface area contributed by atoms with Crippen LogP contribution in [0.4, 0.5) is 8.78 Å².